The first-order valence-electron chi connectivity index (χ1n) is 6.88. The molecule has 0 fully saturated rings. The predicted molar refractivity (Wildman–Crippen MR) is 82.4 cm³/mol. The van der Waals surface area contributed by atoms with E-state index in [2.05, 4.69) is 12.2 Å². The van der Waals surface area contributed by atoms with Gasteiger partial charge in [-0.25, -0.2) is 0 Å². The third-order valence-corrected chi connectivity index (χ3v) is 3.41. The minimum atomic E-state index is 0.305. The van der Waals surface area contributed by atoms with E-state index >= 15 is 0 Å². The Balaban J connectivity index is 1.87. The molecule has 0 spiro atoms. The fourth-order valence-corrected chi connectivity index (χ4v) is 2.15. The van der Waals surface area contributed by atoms with Gasteiger partial charge in [-0.05, 0) is 68.1 Å². The highest BCUT2D eigenvalue weighted by atomic mass is 16.3. The van der Waals surface area contributed by atoms with Gasteiger partial charge in [-0.1, -0.05) is 12.1 Å². The average molecular weight is 271 g/mol. The summed E-state index contributed by atoms with van der Waals surface area (Å²) < 4.78 is 0. The molecule has 0 aliphatic carbocycles. The van der Waals surface area contributed by atoms with Gasteiger partial charge < -0.3 is 15.5 Å². The lowest BCUT2D eigenvalue weighted by Gasteiger charge is -2.16. The maximum atomic E-state index is 9.50. The molecule has 0 saturated heterocycles. The van der Waals surface area contributed by atoms with Crippen LogP contribution in [0.2, 0.25) is 0 Å². The van der Waals surface area contributed by atoms with Crippen molar-refractivity contribution in [1.29, 1.82) is 0 Å². The zero-order valence-electron chi connectivity index (χ0n) is 11.9. The summed E-state index contributed by atoms with van der Waals surface area (Å²) in [5.74, 6) is 0.631. The van der Waals surface area contributed by atoms with Crippen molar-refractivity contribution in [3.8, 4) is 11.5 Å². The Hall–Kier alpha value is -2.16. The summed E-state index contributed by atoms with van der Waals surface area (Å²) in [4.78, 5) is 0. The molecule has 0 bridgehead atoms. The van der Waals surface area contributed by atoms with Crippen LogP contribution in [0.15, 0.2) is 42.5 Å². The third kappa shape index (κ3) is 3.92. The van der Waals surface area contributed by atoms with Crippen LogP contribution in [0.3, 0.4) is 0 Å². The fraction of sp³-hybridized carbons (Fsp3) is 0.294. The zero-order chi connectivity index (χ0) is 14.5. The van der Waals surface area contributed by atoms with Gasteiger partial charge in [0.1, 0.15) is 11.5 Å². The molecule has 3 nitrogen and oxygen atoms in total. The lowest BCUT2D eigenvalue weighted by Crippen LogP contribution is -2.16. The number of nitrogens with one attached hydrogen (secondary N) is 1. The van der Waals surface area contributed by atoms with E-state index in [0.29, 0.717) is 17.5 Å². The van der Waals surface area contributed by atoms with Gasteiger partial charge in [0.15, 0.2) is 0 Å². The minimum Gasteiger partial charge on any atom is -0.508 e. The molecule has 0 saturated carbocycles. The lowest BCUT2D eigenvalue weighted by atomic mass is 10.1. The number of phenolic OH excluding ortho intramolecular Hbond substituents is 2. The van der Waals surface area contributed by atoms with Crippen molar-refractivity contribution >= 4 is 5.69 Å². The van der Waals surface area contributed by atoms with Crippen molar-refractivity contribution < 1.29 is 10.2 Å². The molecule has 3 heteroatoms. The van der Waals surface area contributed by atoms with Gasteiger partial charge in [0, 0.05) is 11.7 Å². The molecule has 0 aliphatic heterocycles. The second kappa shape index (κ2) is 6.33. The first-order chi connectivity index (χ1) is 9.54. The molecule has 0 aliphatic rings. The van der Waals surface area contributed by atoms with Crippen LogP contribution in [0.25, 0.3) is 0 Å². The Bertz CT molecular complexity index is 564. The summed E-state index contributed by atoms with van der Waals surface area (Å²) in [5.41, 5.74) is 3.12. The van der Waals surface area contributed by atoms with Crippen molar-refractivity contribution in [3.63, 3.8) is 0 Å². The number of aryl methyl sites for hydroxylation is 2. The van der Waals surface area contributed by atoms with Gasteiger partial charge in [0.2, 0.25) is 0 Å². The number of hydrogen-bond acceptors (Lipinski definition) is 3. The Kier molecular flexibility index (Phi) is 4.51. The fourth-order valence-electron chi connectivity index (χ4n) is 2.15. The smallest absolute Gasteiger partial charge is 0.118 e. The molecule has 0 amide bonds. The van der Waals surface area contributed by atoms with Gasteiger partial charge >= 0.3 is 0 Å². The first-order valence-corrected chi connectivity index (χ1v) is 6.88. The summed E-state index contributed by atoms with van der Waals surface area (Å²) in [6.07, 6.45) is 1.97. The number of rotatable bonds is 5. The Labute approximate surface area is 119 Å². The average Bonchev–Trinajstić information content (AvgIpc) is 2.42. The van der Waals surface area contributed by atoms with E-state index < -0.39 is 0 Å². The van der Waals surface area contributed by atoms with Crippen LogP contribution in [0.5, 0.6) is 11.5 Å². The molecular formula is C17H21NO2. The van der Waals surface area contributed by atoms with Crippen LogP contribution < -0.4 is 5.32 Å². The number of phenols is 2. The first kappa shape index (κ1) is 14.3. The van der Waals surface area contributed by atoms with Crippen molar-refractivity contribution in [2.24, 2.45) is 0 Å². The van der Waals surface area contributed by atoms with Gasteiger partial charge in [-0.15, -0.1) is 0 Å². The quantitative estimate of drug-likeness (QED) is 0.724. The molecule has 0 aromatic heterocycles. The Morgan fingerprint density at radius 1 is 1.05 bits per heavy atom. The molecule has 0 heterocycles. The maximum absolute atomic E-state index is 9.50. The van der Waals surface area contributed by atoms with Crippen LogP contribution in [0.1, 0.15) is 24.5 Å². The topological polar surface area (TPSA) is 52.5 Å². The van der Waals surface area contributed by atoms with Gasteiger partial charge in [0.05, 0.1) is 0 Å². The molecular weight excluding hydrogens is 250 g/mol. The Morgan fingerprint density at radius 3 is 2.40 bits per heavy atom. The number of benzene rings is 2. The number of aromatic hydroxyl groups is 2. The second-order valence-corrected chi connectivity index (χ2v) is 5.25. The molecule has 0 radical (unpaired) electrons. The van der Waals surface area contributed by atoms with Crippen LogP contribution in [0, 0.1) is 6.92 Å². The van der Waals surface area contributed by atoms with E-state index in [1.54, 1.807) is 18.2 Å². The van der Waals surface area contributed by atoms with E-state index in [1.165, 1.54) is 5.56 Å². The van der Waals surface area contributed by atoms with Crippen molar-refractivity contribution in [3.05, 3.63) is 53.6 Å². The van der Waals surface area contributed by atoms with E-state index in [-0.39, 0.29) is 0 Å². The third-order valence-electron chi connectivity index (χ3n) is 3.41. The van der Waals surface area contributed by atoms with Crippen LogP contribution in [-0.4, -0.2) is 16.3 Å². The van der Waals surface area contributed by atoms with E-state index in [4.69, 9.17) is 0 Å². The van der Waals surface area contributed by atoms with Gasteiger partial charge in [0.25, 0.3) is 0 Å². The lowest BCUT2D eigenvalue weighted by molar-refractivity contribution is 0.471. The largest absolute Gasteiger partial charge is 0.508 e. The van der Waals surface area contributed by atoms with Gasteiger partial charge in [-0.2, -0.15) is 0 Å². The highest BCUT2D eigenvalue weighted by molar-refractivity contribution is 5.50. The monoisotopic (exact) mass is 271 g/mol. The second-order valence-electron chi connectivity index (χ2n) is 5.25. The predicted octanol–water partition coefficient (Wildman–Crippen LogP) is 3.84. The van der Waals surface area contributed by atoms with E-state index in [1.807, 2.05) is 31.2 Å². The number of hydrogen-bond donors (Lipinski definition) is 3. The highest BCUT2D eigenvalue weighted by Gasteiger charge is 2.04. The minimum absolute atomic E-state index is 0.305. The summed E-state index contributed by atoms with van der Waals surface area (Å²) in [5, 5.41) is 22.2. The Morgan fingerprint density at radius 2 is 1.75 bits per heavy atom. The summed E-state index contributed by atoms with van der Waals surface area (Å²) in [6, 6.07) is 13.2. The number of anilines is 1. The summed E-state index contributed by atoms with van der Waals surface area (Å²) in [6.45, 7) is 4.03. The van der Waals surface area contributed by atoms with Crippen molar-refractivity contribution in [1.82, 2.24) is 0 Å². The zero-order valence-corrected chi connectivity index (χ0v) is 11.9. The molecule has 3 N–H and O–H groups in total. The van der Waals surface area contributed by atoms with Crippen molar-refractivity contribution in [2.75, 3.05) is 5.32 Å². The van der Waals surface area contributed by atoms with Crippen LogP contribution >= 0.6 is 0 Å². The standard InChI is InChI=1S/C17H21NO2/c1-12-11-15(7-10-17(12)20)18-13(2)3-4-14-5-8-16(19)9-6-14/h5-11,13,18-20H,3-4H2,1-2H3. The SMILES string of the molecule is Cc1cc(NC(C)CCc2ccc(O)cc2)ccc1O. The molecule has 2 aromatic rings. The highest BCUT2D eigenvalue weighted by Crippen LogP contribution is 2.21. The molecule has 1 atom stereocenters. The molecule has 106 valence electrons. The van der Waals surface area contributed by atoms with E-state index in [9.17, 15) is 10.2 Å². The molecule has 2 rings (SSSR count). The van der Waals surface area contributed by atoms with Crippen LogP contribution in [-0.2, 0) is 6.42 Å². The van der Waals surface area contributed by atoms with Gasteiger partial charge in [-0.3, -0.25) is 0 Å². The summed E-state index contributed by atoms with van der Waals surface area (Å²) in [7, 11) is 0. The normalized spacial score (nSPS) is 12.1. The van der Waals surface area contributed by atoms with Crippen LogP contribution in [0.4, 0.5) is 5.69 Å². The molecule has 2 aromatic carbocycles. The van der Waals surface area contributed by atoms with E-state index in [0.717, 1.165) is 24.1 Å². The summed E-state index contributed by atoms with van der Waals surface area (Å²) >= 11 is 0. The van der Waals surface area contributed by atoms with Crippen molar-refractivity contribution in [2.45, 2.75) is 32.7 Å². The maximum Gasteiger partial charge on any atom is 0.118 e. The molecule has 1 unspecified atom stereocenters. The molecule has 20 heavy (non-hydrogen) atoms.